The second kappa shape index (κ2) is 6.15. The average Bonchev–Trinajstić information content (AvgIpc) is 2.41. The molecule has 1 aromatic carbocycles. The van der Waals surface area contributed by atoms with Crippen molar-refractivity contribution in [2.75, 3.05) is 26.3 Å². The quantitative estimate of drug-likeness (QED) is 0.915. The molecule has 110 valence electrons. The summed E-state index contributed by atoms with van der Waals surface area (Å²) in [5.41, 5.74) is 3.81. The number of rotatable bonds is 4. The molecule has 2 aliphatic rings. The summed E-state index contributed by atoms with van der Waals surface area (Å²) in [6.45, 7) is 7.76. The number of benzene rings is 1. The number of hydrogen-bond acceptors (Lipinski definition) is 3. The Labute approximate surface area is 121 Å². The van der Waals surface area contributed by atoms with Crippen molar-refractivity contribution >= 4 is 0 Å². The summed E-state index contributed by atoms with van der Waals surface area (Å²) >= 11 is 0. The van der Waals surface area contributed by atoms with E-state index in [4.69, 9.17) is 9.47 Å². The van der Waals surface area contributed by atoms with E-state index in [0.717, 1.165) is 38.0 Å². The third-order valence-corrected chi connectivity index (χ3v) is 4.60. The predicted octanol–water partition coefficient (Wildman–Crippen LogP) is 3.14. The van der Waals surface area contributed by atoms with Crippen molar-refractivity contribution in [1.29, 1.82) is 0 Å². The van der Waals surface area contributed by atoms with Crippen LogP contribution in [0.5, 0.6) is 5.75 Å². The van der Waals surface area contributed by atoms with Crippen LogP contribution < -0.4 is 10.1 Å². The largest absolute Gasteiger partial charge is 0.493 e. The lowest BCUT2D eigenvalue weighted by Gasteiger charge is -2.29. The fourth-order valence-corrected chi connectivity index (χ4v) is 2.82. The zero-order chi connectivity index (χ0) is 13.9. The molecule has 3 heteroatoms. The van der Waals surface area contributed by atoms with Gasteiger partial charge in [-0.1, -0.05) is 6.42 Å². The van der Waals surface area contributed by atoms with Crippen molar-refractivity contribution in [3.63, 3.8) is 0 Å². The lowest BCUT2D eigenvalue weighted by Crippen LogP contribution is -2.33. The van der Waals surface area contributed by atoms with Crippen LogP contribution in [0.25, 0.3) is 0 Å². The molecule has 3 nitrogen and oxygen atoms in total. The fourth-order valence-electron chi connectivity index (χ4n) is 2.82. The first-order chi connectivity index (χ1) is 9.74. The summed E-state index contributed by atoms with van der Waals surface area (Å²) in [6, 6.07) is 4.42. The third-order valence-electron chi connectivity index (χ3n) is 4.60. The van der Waals surface area contributed by atoms with Crippen molar-refractivity contribution in [2.45, 2.75) is 39.2 Å². The Morgan fingerprint density at radius 2 is 2.05 bits per heavy atom. The van der Waals surface area contributed by atoms with E-state index < -0.39 is 0 Å². The molecule has 1 saturated heterocycles. The van der Waals surface area contributed by atoms with Gasteiger partial charge >= 0.3 is 0 Å². The minimum Gasteiger partial charge on any atom is -0.493 e. The molecule has 1 N–H and O–H groups in total. The van der Waals surface area contributed by atoms with Crippen molar-refractivity contribution in [2.24, 2.45) is 5.92 Å². The monoisotopic (exact) mass is 275 g/mol. The lowest BCUT2D eigenvalue weighted by molar-refractivity contribution is 0.0253. The molecule has 0 amide bonds. The van der Waals surface area contributed by atoms with Gasteiger partial charge in [-0.15, -0.1) is 0 Å². The second-order valence-electron chi connectivity index (χ2n) is 6.15. The standard InChI is InChI=1S/C17H25NO2/c1-12-8-15(17-10-18-6-7-19-17)16(9-13(12)2)20-11-14-4-3-5-14/h8-9,14,17-18H,3-7,10-11H2,1-2H3. The molecule has 1 aliphatic heterocycles. The Morgan fingerprint density at radius 1 is 1.25 bits per heavy atom. The Balaban J connectivity index is 1.79. The smallest absolute Gasteiger partial charge is 0.125 e. The molecular weight excluding hydrogens is 250 g/mol. The molecule has 2 fully saturated rings. The van der Waals surface area contributed by atoms with Crippen molar-refractivity contribution in [3.05, 3.63) is 28.8 Å². The van der Waals surface area contributed by atoms with Gasteiger partial charge in [0, 0.05) is 18.7 Å². The van der Waals surface area contributed by atoms with Gasteiger partial charge in [0.2, 0.25) is 0 Å². The molecule has 1 saturated carbocycles. The summed E-state index contributed by atoms with van der Waals surface area (Å²) < 4.78 is 12.0. The lowest BCUT2D eigenvalue weighted by atomic mass is 9.86. The zero-order valence-corrected chi connectivity index (χ0v) is 12.6. The first-order valence-corrected chi connectivity index (χ1v) is 7.80. The molecule has 1 aliphatic carbocycles. The highest BCUT2D eigenvalue weighted by Crippen LogP contribution is 2.33. The van der Waals surface area contributed by atoms with Gasteiger partial charge in [-0.3, -0.25) is 0 Å². The van der Waals surface area contributed by atoms with Gasteiger partial charge in [-0.25, -0.2) is 0 Å². The van der Waals surface area contributed by atoms with Gasteiger partial charge in [-0.2, -0.15) is 0 Å². The Hall–Kier alpha value is -1.06. The SMILES string of the molecule is Cc1cc(OCC2CCC2)c(C2CNCCO2)cc1C. The van der Waals surface area contributed by atoms with Crippen molar-refractivity contribution in [1.82, 2.24) is 5.32 Å². The van der Waals surface area contributed by atoms with Crippen LogP contribution in [0.3, 0.4) is 0 Å². The fraction of sp³-hybridized carbons (Fsp3) is 0.647. The molecule has 3 rings (SSSR count). The molecule has 1 heterocycles. The zero-order valence-electron chi connectivity index (χ0n) is 12.6. The van der Waals surface area contributed by atoms with E-state index in [0.29, 0.717) is 0 Å². The minimum atomic E-state index is 0.124. The normalized spacial score (nSPS) is 23.4. The third kappa shape index (κ3) is 2.99. The number of hydrogen-bond donors (Lipinski definition) is 1. The number of nitrogens with one attached hydrogen (secondary N) is 1. The van der Waals surface area contributed by atoms with Gasteiger partial charge in [0.05, 0.1) is 19.3 Å². The van der Waals surface area contributed by atoms with Gasteiger partial charge in [0.1, 0.15) is 5.75 Å². The van der Waals surface area contributed by atoms with E-state index in [1.165, 1.54) is 36.0 Å². The molecule has 20 heavy (non-hydrogen) atoms. The predicted molar refractivity (Wildman–Crippen MR) is 80.3 cm³/mol. The summed E-state index contributed by atoms with van der Waals surface area (Å²) in [6.07, 6.45) is 4.13. The van der Waals surface area contributed by atoms with Crippen LogP contribution in [-0.4, -0.2) is 26.3 Å². The number of aryl methyl sites for hydroxylation is 2. The van der Waals surface area contributed by atoms with E-state index in [1.54, 1.807) is 0 Å². The van der Waals surface area contributed by atoms with Crippen LogP contribution in [0.15, 0.2) is 12.1 Å². The van der Waals surface area contributed by atoms with E-state index >= 15 is 0 Å². The Morgan fingerprint density at radius 3 is 2.70 bits per heavy atom. The van der Waals surface area contributed by atoms with Crippen molar-refractivity contribution in [3.8, 4) is 5.75 Å². The molecule has 0 spiro atoms. The molecule has 0 aromatic heterocycles. The highest BCUT2D eigenvalue weighted by molar-refractivity contribution is 5.43. The van der Waals surface area contributed by atoms with Crippen LogP contribution >= 0.6 is 0 Å². The minimum absolute atomic E-state index is 0.124. The van der Waals surface area contributed by atoms with Crippen LogP contribution in [0, 0.1) is 19.8 Å². The number of ether oxygens (including phenoxy) is 2. The Kier molecular flexibility index (Phi) is 4.27. The molecule has 1 aromatic rings. The maximum atomic E-state index is 6.12. The van der Waals surface area contributed by atoms with Crippen LogP contribution in [-0.2, 0) is 4.74 Å². The van der Waals surface area contributed by atoms with Crippen LogP contribution in [0.4, 0.5) is 0 Å². The average molecular weight is 275 g/mol. The van der Waals surface area contributed by atoms with E-state index in [1.807, 2.05) is 0 Å². The molecular formula is C17H25NO2. The number of morpholine rings is 1. The second-order valence-corrected chi connectivity index (χ2v) is 6.15. The van der Waals surface area contributed by atoms with Gasteiger partial charge < -0.3 is 14.8 Å². The van der Waals surface area contributed by atoms with E-state index in [-0.39, 0.29) is 6.10 Å². The molecule has 1 atom stereocenters. The first-order valence-electron chi connectivity index (χ1n) is 7.80. The summed E-state index contributed by atoms with van der Waals surface area (Å²) in [5, 5.41) is 3.40. The first kappa shape index (κ1) is 13.9. The highest BCUT2D eigenvalue weighted by Gasteiger charge is 2.23. The van der Waals surface area contributed by atoms with E-state index in [2.05, 4.69) is 31.3 Å². The van der Waals surface area contributed by atoms with Crippen molar-refractivity contribution < 1.29 is 9.47 Å². The van der Waals surface area contributed by atoms with Crippen LogP contribution in [0.1, 0.15) is 42.1 Å². The van der Waals surface area contributed by atoms with Gasteiger partial charge in [-0.05, 0) is 55.9 Å². The van der Waals surface area contributed by atoms with Crippen LogP contribution in [0.2, 0.25) is 0 Å². The highest BCUT2D eigenvalue weighted by atomic mass is 16.5. The maximum absolute atomic E-state index is 6.12. The van der Waals surface area contributed by atoms with Gasteiger partial charge in [0.25, 0.3) is 0 Å². The molecule has 0 bridgehead atoms. The maximum Gasteiger partial charge on any atom is 0.125 e. The van der Waals surface area contributed by atoms with E-state index in [9.17, 15) is 0 Å². The summed E-state index contributed by atoms with van der Waals surface area (Å²) in [7, 11) is 0. The summed E-state index contributed by atoms with van der Waals surface area (Å²) in [5.74, 6) is 1.78. The summed E-state index contributed by atoms with van der Waals surface area (Å²) in [4.78, 5) is 0. The Bertz CT molecular complexity index is 462. The molecule has 0 radical (unpaired) electrons. The van der Waals surface area contributed by atoms with Gasteiger partial charge in [0.15, 0.2) is 0 Å². The molecule has 1 unspecified atom stereocenters. The topological polar surface area (TPSA) is 30.5 Å².